The lowest BCUT2D eigenvalue weighted by molar-refractivity contribution is 0.0698. The van der Waals surface area contributed by atoms with Crippen LogP contribution in [0.5, 0.6) is 5.75 Å². The number of carbonyl (C=O) groups excluding carboxylic acids is 1. The van der Waals surface area contributed by atoms with Crippen LogP contribution in [0.3, 0.4) is 0 Å². The molecule has 10 heteroatoms. The molecule has 2 heterocycles. The van der Waals surface area contributed by atoms with Crippen molar-refractivity contribution < 1.29 is 23.8 Å². The first-order chi connectivity index (χ1) is 18.7. The SMILES string of the molecule is Cc1cccc(C(=O)O)c1NC(=O)c1cc(F)c(-n2nc3n(c2=O)CCCC3)cc1OC(C)C1CCCCC1. The summed E-state index contributed by atoms with van der Waals surface area (Å²) < 4.78 is 24.5. The van der Waals surface area contributed by atoms with Gasteiger partial charge in [-0.05, 0) is 63.1 Å². The molecular weight excluding hydrogens is 503 g/mol. The van der Waals surface area contributed by atoms with Crippen LogP contribution in [0.2, 0.25) is 0 Å². The zero-order valence-electron chi connectivity index (χ0n) is 22.2. The summed E-state index contributed by atoms with van der Waals surface area (Å²) in [6, 6.07) is 7.06. The summed E-state index contributed by atoms with van der Waals surface area (Å²) in [7, 11) is 0. The molecule has 0 radical (unpaired) electrons. The standard InChI is InChI=1S/C29H33FN4O5/c1-17-9-8-12-20(28(36)37)26(17)31-27(35)21-15-22(30)23(34-29(38)33-14-7-6-13-25(33)32-34)16-24(21)39-18(2)19-10-4-3-5-11-19/h8-9,12,15-16,18-19H,3-7,10-11,13-14H2,1-2H3,(H,31,35)(H,36,37). The number of aromatic nitrogens is 3. The minimum absolute atomic E-state index is 0.0753. The van der Waals surface area contributed by atoms with Gasteiger partial charge in [0.1, 0.15) is 23.1 Å². The predicted octanol–water partition coefficient (Wildman–Crippen LogP) is 5.12. The lowest BCUT2D eigenvalue weighted by Crippen LogP contribution is -2.28. The van der Waals surface area contributed by atoms with E-state index in [9.17, 15) is 19.5 Å². The number of halogens is 1. The molecule has 1 aromatic heterocycles. The first-order valence-corrected chi connectivity index (χ1v) is 13.6. The van der Waals surface area contributed by atoms with Crippen LogP contribution in [-0.4, -0.2) is 37.4 Å². The fourth-order valence-electron chi connectivity index (χ4n) is 5.63. The van der Waals surface area contributed by atoms with Crippen LogP contribution in [0.25, 0.3) is 5.69 Å². The van der Waals surface area contributed by atoms with Crippen LogP contribution in [0.4, 0.5) is 10.1 Å². The van der Waals surface area contributed by atoms with E-state index in [1.807, 2.05) is 6.92 Å². The second-order valence-electron chi connectivity index (χ2n) is 10.5. The van der Waals surface area contributed by atoms with Crippen molar-refractivity contribution in [1.29, 1.82) is 0 Å². The van der Waals surface area contributed by atoms with E-state index in [2.05, 4.69) is 10.4 Å². The van der Waals surface area contributed by atoms with Gasteiger partial charge in [0.05, 0.1) is 22.9 Å². The van der Waals surface area contributed by atoms with Gasteiger partial charge < -0.3 is 15.2 Å². The van der Waals surface area contributed by atoms with Crippen LogP contribution in [0.15, 0.2) is 35.1 Å². The maximum absolute atomic E-state index is 15.6. The molecule has 1 atom stereocenters. The zero-order valence-corrected chi connectivity index (χ0v) is 22.2. The maximum Gasteiger partial charge on any atom is 0.350 e. The molecule has 9 nitrogen and oxygen atoms in total. The van der Waals surface area contributed by atoms with Crippen molar-refractivity contribution in [1.82, 2.24) is 14.3 Å². The van der Waals surface area contributed by atoms with Crippen molar-refractivity contribution in [2.45, 2.75) is 77.9 Å². The maximum atomic E-state index is 15.6. The van der Waals surface area contributed by atoms with Crippen molar-refractivity contribution in [3.63, 3.8) is 0 Å². The lowest BCUT2D eigenvalue weighted by atomic mass is 9.86. The van der Waals surface area contributed by atoms with Gasteiger partial charge in [-0.2, -0.15) is 4.68 Å². The molecule has 39 heavy (non-hydrogen) atoms. The number of nitrogens with zero attached hydrogens (tertiary/aromatic N) is 3. The van der Waals surface area contributed by atoms with Gasteiger partial charge >= 0.3 is 11.7 Å². The number of benzene rings is 2. The number of para-hydroxylation sites is 1. The van der Waals surface area contributed by atoms with E-state index in [1.54, 1.807) is 23.6 Å². The van der Waals surface area contributed by atoms with E-state index in [1.165, 1.54) is 18.6 Å². The summed E-state index contributed by atoms with van der Waals surface area (Å²) in [5.74, 6) is -1.71. The molecule has 0 saturated heterocycles. The van der Waals surface area contributed by atoms with E-state index >= 15 is 4.39 Å². The van der Waals surface area contributed by atoms with Gasteiger partial charge in [0.2, 0.25) is 0 Å². The molecule has 1 unspecified atom stereocenters. The number of aromatic carboxylic acids is 1. The van der Waals surface area contributed by atoms with Gasteiger partial charge in [0.25, 0.3) is 5.91 Å². The summed E-state index contributed by atoms with van der Waals surface area (Å²) in [4.78, 5) is 38.3. The van der Waals surface area contributed by atoms with Crippen molar-refractivity contribution in [3.8, 4) is 11.4 Å². The molecule has 3 aromatic rings. The Morgan fingerprint density at radius 3 is 2.62 bits per heavy atom. The number of hydrogen-bond acceptors (Lipinski definition) is 5. The van der Waals surface area contributed by atoms with Crippen LogP contribution >= 0.6 is 0 Å². The third-order valence-electron chi connectivity index (χ3n) is 7.86. The summed E-state index contributed by atoms with van der Waals surface area (Å²) in [5.41, 5.74) is -0.00839. The number of carboxylic acid groups (broad SMARTS) is 1. The van der Waals surface area contributed by atoms with Crippen LogP contribution < -0.4 is 15.7 Å². The van der Waals surface area contributed by atoms with Crippen LogP contribution in [0.1, 0.15) is 84.0 Å². The lowest BCUT2D eigenvalue weighted by Gasteiger charge is -2.29. The van der Waals surface area contributed by atoms with Crippen molar-refractivity contribution in [3.05, 3.63) is 69.1 Å². The fourth-order valence-corrected chi connectivity index (χ4v) is 5.63. The molecule has 0 bridgehead atoms. The Bertz CT molecular complexity index is 1470. The predicted molar refractivity (Wildman–Crippen MR) is 143 cm³/mol. The van der Waals surface area contributed by atoms with Gasteiger partial charge in [-0.15, -0.1) is 5.10 Å². The number of rotatable bonds is 7. The number of nitrogens with one attached hydrogen (secondary N) is 1. The molecule has 2 N–H and O–H groups in total. The highest BCUT2D eigenvalue weighted by molar-refractivity contribution is 6.09. The monoisotopic (exact) mass is 536 g/mol. The van der Waals surface area contributed by atoms with E-state index in [4.69, 9.17) is 4.74 Å². The highest BCUT2D eigenvalue weighted by atomic mass is 19.1. The first kappa shape index (κ1) is 26.6. The Hall–Kier alpha value is -3.95. The molecule has 1 aliphatic carbocycles. The van der Waals surface area contributed by atoms with Crippen LogP contribution in [-0.2, 0) is 13.0 Å². The average molecular weight is 537 g/mol. The molecule has 1 fully saturated rings. The fraction of sp³-hybridized carbons (Fsp3) is 0.448. The Morgan fingerprint density at radius 2 is 1.90 bits per heavy atom. The minimum Gasteiger partial charge on any atom is -0.490 e. The summed E-state index contributed by atoms with van der Waals surface area (Å²) in [6.07, 6.45) is 7.50. The van der Waals surface area contributed by atoms with Gasteiger partial charge in [-0.1, -0.05) is 31.4 Å². The van der Waals surface area contributed by atoms with E-state index in [0.717, 1.165) is 49.3 Å². The first-order valence-electron chi connectivity index (χ1n) is 13.6. The number of carboxylic acids is 1. The Kier molecular flexibility index (Phi) is 7.54. The van der Waals surface area contributed by atoms with Gasteiger partial charge in [-0.25, -0.2) is 14.0 Å². The Labute approximate surface area is 225 Å². The van der Waals surface area contributed by atoms with Crippen LogP contribution in [0, 0.1) is 18.7 Å². The number of amides is 1. The number of aryl methyl sites for hydroxylation is 2. The summed E-state index contributed by atoms with van der Waals surface area (Å²) in [6.45, 7) is 4.15. The quantitative estimate of drug-likeness (QED) is 0.433. The summed E-state index contributed by atoms with van der Waals surface area (Å²) in [5, 5.41) is 16.7. The highest BCUT2D eigenvalue weighted by Gasteiger charge is 2.27. The van der Waals surface area contributed by atoms with E-state index in [0.29, 0.717) is 24.4 Å². The van der Waals surface area contributed by atoms with Crippen molar-refractivity contribution in [2.75, 3.05) is 5.32 Å². The molecule has 5 rings (SSSR count). The highest BCUT2D eigenvalue weighted by Crippen LogP contribution is 2.33. The molecule has 2 aliphatic rings. The summed E-state index contributed by atoms with van der Waals surface area (Å²) >= 11 is 0. The van der Waals surface area contributed by atoms with E-state index < -0.39 is 23.4 Å². The second-order valence-corrected chi connectivity index (χ2v) is 10.5. The smallest absolute Gasteiger partial charge is 0.350 e. The van der Waals surface area contributed by atoms with Gasteiger partial charge in [0, 0.05) is 19.0 Å². The Balaban J connectivity index is 1.56. The molecule has 1 saturated carbocycles. The number of carbonyl (C=O) groups is 2. The van der Waals surface area contributed by atoms with Gasteiger partial charge in [-0.3, -0.25) is 9.36 Å². The molecule has 1 amide bonds. The zero-order chi connectivity index (χ0) is 27.7. The third-order valence-corrected chi connectivity index (χ3v) is 7.86. The second kappa shape index (κ2) is 11.0. The van der Waals surface area contributed by atoms with Crippen molar-refractivity contribution in [2.24, 2.45) is 5.92 Å². The number of ether oxygens (including phenoxy) is 1. The minimum atomic E-state index is -1.19. The molecule has 206 valence electrons. The number of anilines is 1. The van der Waals surface area contributed by atoms with Gasteiger partial charge in [0.15, 0.2) is 0 Å². The van der Waals surface area contributed by atoms with E-state index in [-0.39, 0.29) is 40.3 Å². The Morgan fingerprint density at radius 1 is 1.13 bits per heavy atom. The molecule has 1 aliphatic heterocycles. The average Bonchev–Trinajstić information content (AvgIpc) is 3.26. The normalized spacial score (nSPS) is 16.4. The molecule has 2 aromatic carbocycles. The molecule has 0 spiro atoms. The topological polar surface area (TPSA) is 115 Å². The molecular formula is C29H33FN4O5. The third kappa shape index (κ3) is 5.32. The van der Waals surface area contributed by atoms with Crippen molar-refractivity contribution >= 4 is 17.6 Å². The number of hydrogen-bond donors (Lipinski definition) is 2. The number of fused-ring (bicyclic) bond motifs is 1. The largest absolute Gasteiger partial charge is 0.490 e.